The standard InChI is InChI=1S/C25H25N3O3S/c1-16-5-11-20(12-6-16)28-23(30)14-13-21(24(28)22-4-3-15-32-22)25(31)27-19-9-7-18(8-10-19)26-17(2)29/h3-12,15,21,24H,13-14H2,1-2H3,(H,26,29)(H,27,31). The van der Waals surface area contributed by atoms with Crippen molar-refractivity contribution < 1.29 is 14.4 Å². The minimum Gasteiger partial charge on any atom is -0.326 e. The third-order valence-corrected chi connectivity index (χ3v) is 6.50. The van der Waals surface area contributed by atoms with Crippen LogP contribution in [0.1, 0.15) is 36.2 Å². The fourth-order valence-corrected chi connectivity index (χ4v) is 4.92. The molecule has 2 unspecified atom stereocenters. The van der Waals surface area contributed by atoms with E-state index in [-0.39, 0.29) is 29.7 Å². The molecule has 32 heavy (non-hydrogen) atoms. The number of thiophene rings is 1. The first kappa shape index (κ1) is 21.8. The van der Waals surface area contributed by atoms with Crippen molar-refractivity contribution in [3.05, 3.63) is 76.5 Å². The molecule has 0 aliphatic carbocycles. The third kappa shape index (κ3) is 4.73. The zero-order valence-electron chi connectivity index (χ0n) is 18.0. The van der Waals surface area contributed by atoms with Crippen molar-refractivity contribution >= 4 is 46.1 Å². The predicted molar refractivity (Wildman–Crippen MR) is 128 cm³/mol. The Morgan fingerprint density at radius 3 is 2.22 bits per heavy atom. The van der Waals surface area contributed by atoms with E-state index >= 15 is 0 Å². The van der Waals surface area contributed by atoms with Crippen LogP contribution in [-0.2, 0) is 14.4 Å². The summed E-state index contributed by atoms with van der Waals surface area (Å²) in [6.07, 6.45) is 0.800. The molecule has 0 saturated carbocycles. The Hall–Kier alpha value is -3.45. The first-order chi connectivity index (χ1) is 15.4. The number of rotatable bonds is 5. The monoisotopic (exact) mass is 447 g/mol. The summed E-state index contributed by atoms with van der Waals surface area (Å²) in [7, 11) is 0. The second-order valence-electron chi connectivity index (χ2n) is 7.95. The van der Waals surface area contributed by atoms with Crippen LogP contribution >= 0.6 is 11.3 Å². The summed E-state index contributed by atoms with van der Waals surface area (Å²) in [5, 5.41) is 7.68. The molecule has 1 fully saturated rings. The summed E-state index contributed by atoms with van der Waals surface area (Å²) in [6.45, 7) is 3.45. The number of carbonyl (C=O) groups excluding carboxylic acids is 3. The van der Waals surface area contributed by atoms with Gasteiger partial charge in [-0.25, -0.2) is 0 Å². The number of aryl methyl sites for hydroxylation is 1. The van der Waals surface area contributed by atoms with Crippen molar-refractivity contribution in [1.29, 1.82) is 0 Å². The molecule has 0 spiro atoms. The van der Waals surface area contributed by atoms with Gasteiger partial charge < -0.3 is 15.5 Å². The van der Waals surface area contributed by atoms with Gasteiger partial charge in [0.1, 0.15) is 0 Å². The average molecular weight is 448 g/mol. The van der Waals surface area contributed by atoms with Gasteiger partial charge in [-0.2, -0.15) is 0 Å². The number of hydrogen-bond donors (Lipinski definition) is 2. The Labute approximate surface area is 191 Å². The average Bonchev–Trinajstić information content (AvgIpc) is 3.30. The maximum Gasteiger partial charge on any atom is 0.229 e. The highest BCUT2D eigenvalue weighted by atomic mass is 32.1. The van der Waals surface area contributed by atoms with Crippen LogP contribution in [0.25, 0.3) is 0 Å². The van der Waals surface area contributed by atoms with Crippen LogP contribution in [-0.4, -0.2) is 17.7 Å². The van der Waals surface area contributed by atoms with E-state index in [1.54, 1.807) is 40.5 Å². The van der Waals surface area contributed by atoms with Crippen LogP contribution < -0.4 is 15.5 Å². The number of hydrogen-bond acceptors (Lipinski definition) is 4. The van der Waals surface area contributed by atoms with Crippen LogP contribution in [0.2, 0.25) is 0 Å². The topological polar surface area (TPSA) is 78.5 Å². The highest BCUT2D eigenvalue weighted by Gasteiger charge is 2.42. The second kappa shape index (κ2) is 9.36. The number of nitrogens with zero attached hydrogens (tertiary/aromatic N) is 1. The first-order valence-corrected chi connectivity index (χ1v) is 11.4. The van der Waals surface area contributed by atoms with Crippen molar-refractivity contribution in [2.75, 3.05) is 15.5 Å². The van der Waals surface area contributed by atoms with Crippen molar-refractivity contribution in [3.8, 4) is 0 Å². The largest absolute Gasteiger partial charge is 0.326 e. The van der Waals surface area contributed by atoms with E-state index in [1.165, 1.54) is 6.92 Å². The molecule has 1 aliphatic rings. The highest BCUT2D eigenvalue weighted by Crippen LogP contribution is 2.42. The quantitative estimate of drug-likeness (QED) is 0.569. The van der Waals surface area contributed by atoms with Crippen LogP contribution in [0.15, 0.2) is 66.0 Å². The number of carbonyl (C=O) groups is 3. The van der Waals surface area contributed by atoms with Gasteiger partial charge in [0.25, 0.3) is 0 Å². The number of piperidine rings is 1. The summed E-state index contributed by atoms with van der Waals surface area (Å²) >= 11 is 1.55. The van der Waals surface area contributed by atoms with E-state index in [9.17, 15) is 14.4 Å². The smallest absolute Gasteiger partial charge is 0.229 e. The lowest BCUT2D eigenvalue weighted by Crippen LogP contribution is -2.46. The zero-order chi connectivity index (χ0) is 22.7. The molecule has 6 nitrogen and oxygen atoms in total. The molecule has 3 amide bonds. The minimum atomic E-state index is -0.386. The molecule has 2 heterocycles. The fourth-order valence-electron chi connectivity index (χ4n) is 4.04. The van der Waals surface area contributed by atoms with E-state index in [1.807, 2.05) is 48.7 Å². The molecule has 7 heteroatoms. The fraction of sp³-hybridized carbons (Fsp3) is 0.240. The Kier molecular flexibility index (Phi) is 6.37. The molecule has 164 valence electrons. The van der Waals surface area contributed by atoms with Gasteiger partial charge >= 0.3 is 0 Å². The Bertz CT molecular complexity index is 1110. The molecule has 2 N–H and O–H groups in total. The van der Waals surface area contributed by atoms with E-state index in [4.69, 9.17) is 0 Å². The van der Waals surface area contributed by atoms with Crippen LogP contribution in [0, 0.1) is 12.8 Å². The number of nitrogens with one attached hydrogen (secondary N) is 2. The van der Waals surface area contributed by atoms with E-state index in [2.05, 4.69) is 10.6 Å². The van der Waals surface area contributed by atoms with Crippen molar-refractivity contribution in [2.45, 2.75) is 32.7 Å². The summed E-state index contributed by atoms with van der Waals surface area (Å²) < 4.78 is 0. The van der Waals surface area contributed by atoms with Crippen LogP contribution in [0.3, 0.4) is 0 Å². The van der Waals surface area contributed by atoms with Gasteiger partial charge in [0.15, 0.2) is 0 Å². The van der Waals surface area contributed by atoms with E-state index in [0.29, 0.717) is 24.2 Å². The first-order valence-electron chi connectivity index (χ1n) is 10.5. The molecule has 2 aromatic carbocycles. The van der Waals surface area contributed by atoms with Gasteiger partial charge in [-0.05, 0) is 61.2 Å². The summed E-state index contributed by atoms with van der Waals surface area (Å²) in [4.78, 5) is 40.3. The molecule has 1 aliphatic heterocycles. The predicted octanol–water partition coefficient (Wildman–Crippen LogP) is 5.14. The lowest BCUT2D eigenvalue weighted by Gasteiger charge is -2.40. The molecule has 0 radical (unpaired) electrons. The molecule has 4 rings (SSSR count). The maximum atomic E-state index is 13.4. The van der Waals surface area contributed by atoms with Crippen molar-refractivity contribution in [2.24, 2.45) is 5.92 Å². The summed E-state index contributed by atoms with van der Waals surface area (Å²) in [6, 6.07) is 18.4. The number of anilines is 3. The maximum absolute atomic E-state index is 13.4. The van der Waals surface area contributed by atoms with Crippen LogP contribution in [0.5, 0.6) is 0 Å². The molecule has 0 bridgehead atoms. The van der Waals surface area contributed by atoms with Gasteiger partial charge in [-0.15, -0.1) is 11.3 Å². The second-order valence-corrected chi connectivity index (χ2v) is 8.93. The Morgan fingerprint density at radius 1 is 0.969 bits per heavy atom. The van der Waals surface area contributed by atoms with E-state index in [0.717, 1.165) is 16.1 Å². The Balaban J connectivity index is 1.61. The van der Waals surface area contributed by atoms with Gasteiger partial charge in [0.2, 0.25) is 17.7 Å². The van der Waals surface area contributed by atoms with Gasteiger partial charge in [-0.1, -0.05) is 23.8 Å². The Morgan fingerprint density at radius 2 is 1.62 bits per heavy atom. The van der Waals surface area contributed by atoms with Crippen LogP contribution in [0.4, 0.5) is 17.1 Å². The van der Waals surface area contributed by atoms with Gasteiger partial charge in [-0.3, -0.25) is 14.4 Å². The number of benzene rings is 2. The molecule has 3 aromatic rings. The van der Waals surface area contributed by atoms with Gasteiger partial charge in [0, 0.05) is 35.3 Å². The lowest BCUT2D eigenvalue weighted by atomic mass is 9.86. The van der Waals surface area contributed by atoms with Crippen molar-refractivity contribution in [1.82, 2.24) is 0 Å². The van der Waals surface area contributed by atoms with Crippen molar-refractivity contribution in [3.63, 3.8) is 0 Å². The summed E-state index contributed by atoms with van der Waals surface area (Å²) in [5.74, 6) is -0.637. The SMILES string of the molecule is CC(=O)Nc1ccc(NC(=O)C2CCC(=O)N(c3ccc(C)cc3)C2c2cccs2)cc1. The normalized spacial score (nSPS) is 18.3. The lowest BCUT2D eigenvalue weighted by molar-refractivity contribution is -0.126. The van der Waals surface area contributed by atoms with E-state index < -0.39 is 0 Å². The molecular weight excluding hydrogens is 422 g/mol. The molecule has 2 atom stereocenters. The summed E-state index contributed by atoms with van der Waals surface area (Å²) in [5.41, 5.74) is 3.23. The zero-order valence-corrected chi connectivity index (χ0v) is 18.8. The third-order valence-electron chi connectivity index (χ3n) is 5.55. The minimum absolute atomic E-state index is 0.0240. The molecular formula is C25H25N3O3S. The number of amides is 3. The highest BCUT2D eigenvalue weighted by molar-refractivity contribution is 7.10. The molecule has 1 aromatic heterocycles. The van der Waals surface area contributed by atoms with Gasteiger partial charge in [0.05, 0.1) is 12.0 Å². The molecule has 1 saturated heterocycles.